The highest BCUT2D eigenvalue weighted by Crippen LogP contribution is 2.51. The van der Waals surface area contributed by atoms with Crippen LogP contribution in [0.3, 0.4) is 0 Å². The summed E-state index contributed by atoms with van der Waals surface area (Å²) in [5.74, 6) is 1.44. The Balaban J connectivity index is 1.16. The fraction of sp³-hybridized carbons (Fsp3) is 0.310. The first-order valence-electron chi connectivity index (χ1n) is 12.7. The number of amides is 2. The van der Waals surface area contributed by atoms with Crippen molar-refractivity contribution in [2.24, 2.45) is 0 Å². The highest BCUT2D eigenvalue weighted by Gasteiger charge is 2.47. The quantitative estimate of drug-likeness (QED) is 0.401. The smallest absolute Gasteiger partial charge is 0.322 e. The van der Waals surface area contributed by atoms with Crippen LogP contribution in [0.15, 0.2) is 60.8 Å². The first-order chi connectivity index (χ1) is 18.5. The van der Waals surface area contributed by atoms with Gasteiger partial charge in [-0.05, 0) is 73.0 Å². The predicted molar refractivity (Wildman–Crippen MR) is 149 cm³/mol. The number of benzene rings is 2. The minimum absolute atomic E-state index is 0.121. The van der Waals surface area contributed by atoms with Gasteiger partial charge in [-0.25, -0.2) is 9.78 Å². The highest BCUT2D eigenvalue weighted by atomic mass is 35.5. The molecule has 7 nitrogen and oxygen atoms in total. The molecule has 0 radical (unpaired) electrons. The van der Waals surface area contributed by atoms with Crippen LogP contribution in [0.1, 0.15) is 29.5 Å². The molecule has 3 aliphatic heterocycles. The number of urea groups is 1. The number of piperidine rings is 1. The van der Waals surface area contributed by atoms with E-state index in [-0.39, 0.29) is 18.2 Å². The molecule has 0 bridgehead atoms. The van der Waals surface area contributed by atoms with Gasteiger partial charge in [-0.2, -0.15) is 0 Å². The number of ether oxygens (including phenoxy) is 2. The molecule has 2 aromatic carbocycles. The fourth-order valence-electron chi connectivity index (χ4n) is 5.56. The van der Waals surface area contributed by atoms with E-state index in [0.717, 1.165) is 60.1 Å². The molecule has 3 aromatic rings. The lowest BCUT2D eigenvalue weighted by molar-refractivity contribution is 0.172. The van der Waals surface area contributed by atoms with Crippen molar-refractivity contribution in [2.75, 3.05) is 37.9 Å². The van der Waals surface area contributed by atoms with Gasteiger partial charge in [0.1, 0.15) is 5.15 Å². The van der Waals surface area contributed by atoms with Gasteiger partial charge < -0.3 is 14.8 Å². The summed E-state index contributed by atoms with van der Waals surface area (Å²) in [7, 11) is 0. The summed E-state index contributed by atoms with van der Waals surface area (Å²) in [4.78, 5) is 21.7. The molecule has 0 saturated carbocycles. The van der Waals surface area contributed by atoms with Crippen molar-refractivity contribution in [3.63, 3.8) is 0 Å². The Morgan fingerprint density at radius 2 is 1.82 bits per heavy atom. The number of fused-ring (bicyclic) bond motifs is 3. The van der Waals surface area contributed by atoms with E-state index < -0.39 is 0 Å². The van der Waals surface area contributed by atoms with Crippen molar-refractivity contribution in [2.45, 2.75) is 24.8 Å². The monoisotopic (exact) mass is 550 g/mol. The lowest BCUT2D eigenvalue weighted by atomic mass is 9.74. The molecule has 4 heterocycles. The van der Waals surface area contributed by atoms with Crippen molar-refractivity contribution >= 4 is 41.0 Å². The Kier molecular flexibility index (Phi) is 6.91. The Morgan fingerprint density at radius 3 is 2.58 bits per heavy atom. The zero-order chi connectivity index (χ0) is 26.1. The number of aromatic nitrogens is 1. The van der Waals surface area contributed by atoms with Gasteiger partial charge in [0.15, 0.2) is 11.5 Å². The number of carbonyl (C=O) groups is 1. The Hall–Kier alpha value is -3.26. The topological polar surface area (TPSA) is 66.9 Å². The number of rotatable bonds is 5. The van der Waals surface area contributed by atoms with Gasteiger partial charge >= 0.3 is 6.03 Å². The minimum atomic E-state index is -0.136. The number of carbonyl (C=O) groups excluding carboxylic acids is 1. The van der Waals surface area contributed by atoms with Crippen LogP contribution in [0, 0.1) is 0 Å². The number of pyridine rings is 1. The number of hydrogen-bond donors (Lipinski definition) is 1. The first kappa shape index (κ1) is 25.0. The number of likely N-dealkylation sites (tertiary alicyclic amines) is 1. The molecule has 3 aliphatic rings. The van der Waals surface area contributed by atoms with Gasteiger partial charge in [0.25, 0.3) is 0 Å². The Morgan fingerprint density at radius 1 is 1.05 bits per heavy atom. The third kappa shape index (κ3) is 5.06. The van der Waals surface area contributed by atoms with Crippen LogP contribution in [0.4, 0.5) is 10.5 Å². The van der Waals surface area contributed by atoms with Gasteiger partial charge in [-0.15, -0.1) is 0 Å². The molecular weight excluding hydrogens is 523 g/mol. The van der Waals surface area contributed by atoms with E-state index in [1.807, 2.05) is 41.3 Å². The summed E-state index contributed by atoms with van der Waals surface area (Å²) in [6.45, 7) is 3.98. The van der Waals surface area contributed by atoms with Crippen LogP contribution in [-0.2, 0) is 12.0 Å². The van der Waals surface area contributed by atoms with Crippen LogP contribution in [-0.4, -0.2) is 48.9 Å². The van der Waals surface area contributed by atoms with E-state index in [1.165, 1.54) is 5.56 Å². The molecule has 196 valence electrons. The number of hydrogen-bond acceptors (Lipinski definition) is 5. The molecule has 0 aliphatic carbocycles. The summed E-state index contributed by atoms with van der Waals surface area (Å²) in [5, 5.41) is 4.21. The van der Waals surface area contributed by atoms with E-state index in [9.17, 15) is 4.79 Å². The minimum Gasteiger partial charge on any atom is -0.454 e. The maximum absolute atomic E-state index is 13.4. The van der Waals surface area contributed by atoms with Crippen molar-refractivity contribution in [3.05, 3.63) is 87.7 Å². The molecule has 0 atom stereocenters. The standard InChI is InChI=1S/C29H28Cl2N4O3/c30-22-5-3-20(4-6-22)2-1-11-34-12-8-29(9-13-34)18-35(24-16-26-25(15-23(24)29)37-19-38-26)28(36)33-17-21-7-10-32-27(31)14-21/h1-7,10,14-16H,8-9,11-13,17-19H2,(H,33,36)/b2-1+. The SMILES string of the molecule is O=C(NCc1ccnc(Cl)c1)N1CC2(CCN(C/C=C/c3ccc(Cl)cc3)CC2)c2cc3c(cc21)OCO3. The van der Waals surface area contributed by atoms with Crippen LogP contribution < -0.4 is 19.7 Å². The molecule has 0 unspecified atom stereocenters. The molecule has 1 saturated heterocycles. The predicted octanol–water partition coefficient (Wildman–Crippen LogP) is 5.89. The van der Waals surface area contributed by atoms with Crippen LogP contribution in [0.25, 0.3) is 6.08 Å². The average molecular weight is 551 g/mol. The highest BCUT2D eigenvalue weighted by molar-refractivity contribution is 6.30. The molecule has 1 N–H and O–H groups in total. The fourth-order valence-corrected chi connectivity index (χ4v) is 5.88. The zero-order valence-corrected chi connectivity index (χ0v) is 22.3. The summed E-state index contributed by atoms with van der Waals surface area (Å²) in [6, 6.07) is 15.4. The second-order valence-corrected chi connectivity index (χ2v) is 10.8. The molecule has 2 amide bonds. The third-order valence-electron chi connectivity index (χ3n) is 7.65. The van der Waals surface area contributed by atoms with Gasteiger partial charge in [-0.1, -0.05) is 47.5 Å². The van der Waals surface area contributed by atoms with E-state index in [1.54, 1.807) is 12.3 Å². The Labute approximate surface area is 232 Å². The average Bonchev–Trinajstić information content (AvgIpc) is 3.51. The lowest BCUT2D eigenvalue weighted by Gasteiger charge is -2.39. The largest absolute Gasteiger partial charge is 0.454 e. The van der Waals surface area contributed by atoms with E-state index in [0.29, 0.717) is 24.0 Å². The van der Waals surface area contributed by atoms with Crippen molar-refractivity contribution in [3.8, 4) is 11.5 Å². The molecule has 1 fully saturated rings. The van der Waals surface area contributed by atoms with Crippen LogP contribution >= 0.6 is 23.2 Å². The number of halogens is 2. The normalized spacial score (nSPS) is 17.8. The van der Waals surface area contributed by atoms with Gasteiger partial charge in [0.05, 0.1) is 5.69 Å². The second kappa shape index (κ2) is 10.5. The van der Waals surface area contributed by atoms with E-state index >= 15 is 0 Å². The Bertz CT molecular complexity index is 1370. The molecule has 38 heavy (non-hydrogen) atoms. The number of anilines is 1. The first-order valence-corrected chi connectivity index (χ1v) is 13.5. The number of nitrogens with one attached hydrogen (secondary N) is 1. The molecule has 9 heteroatoms. The summed E-state index contributed by atoms with van der Waals surface area (Å²) < 4.78 is 11.4. The van der Waals surface area contributed by atoms with Crippen molar-refractivity contribution in [1.82, 2.24) is 15.2 Å². The molecular formula is C29H28Cl2N4O3. The maximum Gasteiger partial charge on any atom is 0.322 e. The van der Waals surface area contributed by atoms with Crippen molar-refractivity contribution < 1.29 is 14.3 Å². The summed E-state index contributed by atoms with van der Waals surface area (Å²) >= 11 is 12.0. The maximum atomic E-state index is 13.4. The molecule has 1 aromatic heterocycles. The van der Waals surface area contributed by atoms with E-state index in [2.05, 4.69) is 33.4 Å². The summed E-state index contributed by atoms with van der Waals surface area (Å²) in [5.41, 5.74) is 3.98. The zero-order valence-electron chi connectivity index (χ0n) is 20.8. The third-order valence-corrected chi connectivity index (χ3v) is 8.11. The van der Waals surface area contributed by atoms with Gasteiger partial charge in [0, 0.05) is 42.3 Å². The van der Waals surface area contributed by atoms with Crippen LogP contribution in [0.5, 0.6) is 11.5 Å². The van der Waals surface area contributed by atoms with E-state index in [4.69, 9.17) is 32.7 Å². The molecule has 1 spiro atoms. The second-order valence-electron chi connectivity index (χ2n) is 9.99. The van der Waals surface area contributed by atoms with Gasteiger partial charge in [0.2, 0.25) is 6.79 Å². The summed E-state index contributed by atoms with van der Waals surface area (Å²) in [6.07, 6.45) is 7.89. The molecule has 6 rings (SSSR count). The van der Waals surface area contributed by atoms with Crippen molar-refractivity contribution in [1.29, 1.82) is 0 Å². The van der Waals surface area contributed by atoms with Gasteiger partial charge in [-0.3, -0.25) is 9.80 Å². The lowest BCUT2D eigenvalue weighted by Crippen LogP contribution is -2.47. The van der Waals surface area contributed by atoms with Crippen LogP contribution in [0.2, 0.25) is 10.2 Å². The number of nitrogens with zero attached hydrogens (tertiary/aromatic N) is 3.